The van der Waals surface area contributed by atoms with E-state index in [0.717, 1.165) is 35.4 Å². The summed E-state index contributed by atoms with van der Waals surface area (Å²) in [6.07, 6.45) is 1.81. The molecule has 0 spiro atoms. The van der Waals surface area contributed by atoms with Crippen LogP contribution in [0.1, 0.15) is 21.6 Å². The van der Waals surface area contributed by atoms with E-state index in [0.29, 0.717) is 18.8 Å². The monoisotopic (exact) mass is 334 g/mol. The molecule has 5 nitrogen and oxygen atoms in total. The summed E-state index contributed by atoms with van der Waals surface area (Å²) in [5.41, 5.74) is 3.99. The molecule has 1 N–H and O–H groups in total. The van der Waals surface area contributed by atoms with E-state index in [1.165, 1.54) is 5.56 Å². The van der Waals surface area contributed by atoms with Crippen LogP contribution in [0.5, 0.6) is 0 Å². The lowest BCUT2D eigenvalue weighted by molar-refractivity contribution is 0.0741. The molecular formula is C20H22N4O. The maximum absolute atomic E-state index is 13.0. The molecule has 0 atom stereocenters. The number of aryl methyl sites for hydroxylation is 2. The van der Waals surface area contributed by atoms with Crippen molar-refractivity contribution in [1.82, 2.24) is 14.9 Å². The van der Waals surface area contributed by atoms with Crippen molar-refractivity contribution in [1.29, 1.82) is 0 Å². The number of carbonyl (C=O) groups is 1. The topological polar surface area (TPSA) is 52.2 Å². The van der Waals surface area contributed by atoms with E-state index in [1.54, 1.807) is 0 Å². The van der Waals surface area contributed by atoms with Gasteiger partial charge < -0.3 is 14.8 Å². The van der Waals surface area contributed by atoms with E-state index in [9.17, 15) is 4.79 Å². The number of anilines is 1. The van der Waals surface area contributed by atoms with Crippen LogP contribution in [0.4, 0.5) is 5.82 Å². The molecule has 0 saturated carbocycles. The Bertz CT molecular complexity index is 908. The highest BCUT2D eigenvalue weighted by Crippen LogP contribution is 2.24. The first-order chi connectivity index (χ1) is 12.1. The summed E-state index contributed by atoms with van der Waals surface area (Å²) < 4.78 is 0. The van der Waals surface area contributed by atoms with Crippen LogP contribution >= 0.6 is 0 Å². The summed E-state index contributed by atoms with van der Waals surface area (Å²) in [5.74, 6) is 1.07. The van der Waals surface area contributed by atoms with E-state index < -0.39 is 0 Å². The normalized spacial score (nSPS) is 15.0. The number of hydrogen-bond donors (Lipinski definition) is 1. The molecular weight excluding hydrogens is 312 g/mol. The van der Waals surface area contributed by atoms with E-state index in [2.05, 4.69) is 33.9 Å². The summed E-state index contributed by atoms with van der Waals surface area (Å²) in [7, 11) is 0. The van der Waals surface area contributed by atoms with Gasteiger partial charge in [0.2, 0.25) is 0 Å². The van der Waals surface area contributed by atoms with Crippen LogP contribution in [-0.4, -0.2) is 47.0 Å². The number of nitrogens with zero attached hydrogens (tertiary/aromatic N) is 3. The number of hydrogen-bond acceptors (Lipinski definition) is 3. The van der Waals surface area contributed by atoms with Gasteiger partial charge in [-0.3, -0.25) is 4.79 Å². The Hall–Kier alpha value is -2.82. The molecule has 2 aromatic heterocycles. The second-order valence-corrected chi connectivity index (χ2v) is 6.64. The number of rotatable bonds is 2. The van der Waals surface area contributed by atoms with Crippen molar-refractivity contribution in [3.8, 4) is 0 Å². The zero-order valence-corrected chi connectivity index (χ0v) is 14.6. The number of carbonyl (C=O) groups excluding carboxylic acids is 1. The van der Waals surface area contributed by atoms with Crippen molar-refractivity contribution in [3.63, 3.8) is 0 Å². The Morgan fingerprint density at radius 1 is 1.08 bits per heavy atom. The zero-order chi connectivity index (χ0) is 17.4. The molecule has 128 valence electrons. The molecule has 1 aromatic carbocycles. The molecule has 1 saturated heterocycles. The number of aromatic amines is 1. The van der Waals surface area contributed by atoms with Crippen LogP contribution in [-0.2, 0) is 0 Å². The summed E-state index contributed by atoms with van der Waals surface area (Å²) >= 11 is 0. The lowest BCUT2D eigenvalue weighted by Crippen LogP contribution is -2.49. The molecule has 0 radical (unpaired) electrons. The van der Waals surface area contributed by atoms with Crippen LogP contribution in [0, 0.1) is 13.8 Å². The number of piperazine rings is 1. The second kappa shape index (κ2) is 6.24. The number of H-pyrrole nitrogens is 1. The third kappa shape index (κ3) is 2.86. The smallest absolute Gasteiger partial charge is 0.270 e. The average Bonchev–Trinajstić information content (AvgIpc) is 2.98. The molecule has 3 heterocycles. The van der Waals surface area contributed by atoms with E-state index in [4.69, 9.17) is 0 Å². The Kier molecular flexibility index (Phi) is 3.92. The molecule has 1 aliphatic heterocycles. The fourth-order valence-corrected chi connectivity index (χ4v) is 3.49. The van der Waals surface area contributed by atoms with E-state index in [-0.39, 0.29) is 5.91 Å². The number of nitrogens with one attached hydrogen (secondary N) is 1. The highest BCUT2D eigenvalue weighted by atomic mass is 16.2. The van der Waals surface area contributed by atoms with Gasteiger partial charge in [0.25, 0.3) is 5.91 Å². The van der Waals surface area contributed by atoms with Crippen molar-refractivity contribution in [2.45, 2.75) is 13.8 Å². The van der Waals surface area contributed by atoms with Crippen LogP contribution in [0.3, 0.4) is 0 Å². The highest BCUT2D eigenvalue weighted by molar-refractivity contribution is 6.01. The lowest BCUT2D eigenvalue weighted by Gasteiger charge is -2.35. The quantitative estimate of drug-likeness (QED) is 0.783. The molecule has 4 rings (SSSR count). The maximum Gasteiger partial charge on any atom is 0.270 e. The molecule has 1 fully saturated rings. The number of pyridine rings is 1. The van der Waals surface area contributed by atoms with Gasteiger partial charge in [-0.1, -0.05) is 17.7 Å². The first-order valence-corrected chi connectivity index (χ1v) is 8.67. The molecule has 5 heteroatoms. The number of aromatic nitrogens is 2. The second-order valence-electron chi connectivity index (χ2n) is 6.64. The van der Waals surface area contributed by atoms with Gasteiger partial charge >= 0.3 is 0 Å². The molecule has 0 aliphatic carbocycles. The summed E-state index contributed by atoms with van der Waals surface area (Å²) in [6, 6.07) is 12.2. The average molecular weight is 334 g/mol. The van der Waals surface area contributed by atoms with Crippen molar-refractivity contribution in [3.05, 3.63) is 59.4 Å². The van der Waals surface area contributed by atoms with Crippen molar-refractivity contribution >= 4 is 22.6 Å². The van der Waals surface area contributed by atoms with Gasteiger partial charge in [0.05, 0.1) is 0 Å². The first kappa shape index (κ1) is 15.7. The first-order valence-electron chi connectivity index (χ1n) is 8.67. The summed E-state index contributed by atoms with van der Waals surface area (Å²) in [5, 5.41) is 1.13. The van der Waals surface area contributed by atoms with Crippen molar-refractivity contribution in [2.24, 2.45) is 0 Å². The predicted octanol–water partition coefficient (Wildman–Crippen LogP) is 3.14. The van der Waals surface area contributed by atoms with Gasteiger partial charge in [0.1, 0.15) is 11.5 Å². The van der Waals surface area contributed by atoms with E-state index >= 15 is 0 Å². The molecule has 3 aromatic rings. The summed E-state index contributed by atoms with van der Waals surface area (Å²) in [6.45, 7) is 7.13. The molecule has 1 aliphatic rings. The molecule has 0 unspecified atom stereocenters. The maximum atomic E-state index is 13.0. The highest BCUT2D eigenvalue weighted by Gasteiger charge is 2.25. The van der Waals surface area contributed by atoms with Crippen molar-refractivity contribution in [2.75, 3.05) is 31.1 Å². The minimum Gasteiger partial charge on any atom is -0.353 e. The van der Waals surface area contributed by atoms with Crippen LogP contribution < -0.4 is 4.90 Å². The molecule has 0 bridgehead atoms. The lowest BCUT2D eigenvalue weighted by atomic mass is 10.1. The van der Waals surface area contributed by atoms with Crippen LogP contribution in [0.25, 0.3) is 10.9 Å². The predicted molar refractivity (Wildman–Crippen MR) is 100 cm³/mol. The van der Waals surface area contributed by atoms with Gasteiger partial charge in [0.15, 0.2) is 0 Å². The van der Waals surface area contributed by atoms with Gasteiger partial charge in [-0.15, -0.1) is 0 Å². The summed E-state index contributed by atoms with van der Waals surface area (Å²) in [4.78, 5) is 24.9. The Morgan fingerprint density at radius 2 is 1.88 bits per heavy atom. The third-order valence-electron chi connectivity index (χ3n) is 4.97. The van der Waals surface area contributed by atoms with Gasteiger partial charge in [0, 0.05) is 43.3 Å². The standard InChI is InChI=1S/C20H22N4O/c1-14-6-7-17-16(13-14)15(2)19(22-17)20(25)24-11-9-23(10-12-24)18-5-3-4-8-21-18/h3-8,13,22H,9-12H2,1-2H3. The van der Waals surface area contributed by atoms with E-state index in [1.807, 2.05) is 42.3 Å². The van der Waals surface area contributed by atoms with Gasteiger partial charge in [-0.05, 0) is 43.7 Å². The minimum atomic E-state index is 0.0898. The third-order valence-corrected chi connectivity index (χ3v) is 4.97. The fourth-order valence-electron chi connectivity index (χ4n) is 3.49. The molecule has 25 heavy (non-hydrogen) atoms. The van der Waals surface area contributed by atoms with Crippen LogP contribution in [0.2, 0.25) is 0 Å². The largest absolute Gasteiger partial charge is 0.353 e. The van der Waals surface area contributed by atoms with Gasteiger partial charge in [-0.25, -0.2) is 4.98 Å². The number of fused-ring (bicyclic) bond motifs is 1. The minimum absolute atomic E-state index is 0.0898. The number of amides is 1. The Balaban J connectivity index is 1.52. The zero-order valence-electron chi connectivity index (χ0n) is 14.6. The van der Waals surface area contributed by atoms with Crippen molar-refractivity contribution < 1.29 is 4.79 Å². The van der Waals surface area contributed by atoms with Gasteiger partial charge in [-0.2, -0.15) is 0 Å². The Morgan fingerprint density at radius 3 is 2.60 bits per heavy atom. The Labute approximate surface area is 147 Å². The molecule has 1 amide bonds. The SMILES string of the molecule is Cc1ccc2[nH]c(C(=O)N3CCN(c4ccccn4)CC3)c(C)c2c1. The fraction of sp³-hybridized carbons (Fsp3) is 0.300. The van der Waals surface area contributed by atoms with Crippen LogP contribution in [0.15, 0.2) is 42.6 Å². The number of benzene rings is 1.